The van der Waals surface area contributed by atoms with Gasteiger partial charge in [-0.2, -0.15) is 0 Å². The first kappa shape index (κ1) is 14.6. The van der Waals surface area contributed by atoms with Crippen LogP contribution in [0.2, 0.25) is 0 Å². The number of likely N-dealkylation sites (tertiary alicyclic amines) is 1. The zero-order chi connectivity index (χ0) is 14.5. The summed E-state index contributed by atoms with van der Waals surface area (Å²) in [5, 5.41) is 0. The minimum atomic E-state index is 0.337. The van der Waals surface area contributed by atoms with Crippen LogP contribution in [-0.4, -0.2) is 37.1 Å². The summed E-state index contributed by atoms with van der Waals surface area (Å²) in [6.45, 7) is 3.47. The van der Waals surface area contributed by atoms with Crippen LogP contribution >= 0.6 is 0 Å². The highest BCUT2D eigenvalue weighted by Gasteiger charge is 2.26. The van der Waals surface area contributed by atoms with Crippen molar-refractivity contribution in [3.8, 4) is 0 Å². The molecule has 0 bridgehead atoms. The summed E-state index contributed by atoms with van der Waals surface area (Å²) < 4.78 is 5.36. The van der Waals surface area contributed by atoms with Crippen LogP contribution in [0.25, 0.3) is 0 Å². The molecule has 3 rings (SSSR count). The number of hydrogen-bond donors (Lipinski definition) is 0. The molecule has 2 fully saturated rings. The van der Waals surface area contributed by atoms with Crippen molar-refractivity contribution in [2.24, 2.45) is 11.8 Å². The van der Waals surface area contributed by atoms with Gasteiger partial charge >= 0.3 is 0 Å². The molecule has 0 spiro atoms. The van der Waals surface area contributed by atoms with Crippen LogP contribution in [0.5, 0.6) is 0 Å². The fourth-order valence-electron chi connectivity index (χ4n) is 3.45. The molecule has 2 heterocycles. The lowest BCUT2D eigenvalue weighted by Gasteiger charge is -2.32. The lowest BCUT2D eigenvalue weighted by atomic mass is 9.90. The number of carbonyl (C=O) groups excluding carboxylic acids is 1. The topological polar surface area (TPSA) is 29.5 Å². The van der Waals surface area contributed by atoms with E-state index in [4.69, 9.17) is 4.74 Å². The van der Waals surface area contributed by atoms with Crippen molar-refractivity contribution in [3.05, 3.63) is 35.9 Å². The van der Waals surface area contributed by atoms with Crippen molar-refractivity contribution in [1.29, 1.82) is 0 Å². The smallest absolute Gasteiger partial charge is 0.222 e. The lowest BCUT2D eigenvalue weighted by molar-refractivity contribution is -0.133. The predicted molar refractivity (Wildman–Crippen MR) is 83.0 cm³/mol. The highest BCUT2D eigenvalue weighted by atomic mass is 16.5. The van der Waals surface area contributed by atoms with E-state index in [0.717, 1.165) is 57.9 Å². The first-order chi connectivity index (χ1) is 10.3. The van der Waals surface area contributed by atoms with E-state index in [-0.39, 0.29) is 0 Å². The Kier molecular flexibility index (Phi) is 4.91. The maximum atomic E-state index is 12.3. The number of nitrogens with zero attached hydrogens (tertiary/aromatic N) is 1. The van der Waals surface area contributed by atoms with E-state index in [1.807, 2.05) is 0 Å². The molecule has 114 valence electrons. The van der Waals surface area contributed by atoms with E-state index in [1.165, 1.54) is 5.56 Å². The van der Waals surface area contributed by atoms with E-state index in [9.17, 15) is 4.79 Å². The van der Waals surface area contributed by atoms with Gasteiger partial charge in [-0.05, 0) is 43.1 Å². The Morgan fingerprint density at radius 3 is 2.52 bits per heavy atom. The van der Waals surface area contributed by atoms with E-state index in [1.54, 1.807) is 0 Å². The van der Waals surface area contributed by atoms with Crippen molar-refractivity contribution in [2.75, 3.05) is 26.3 Å². The zero-order valence-corrected chi connectivity index (χ0v) is 12.7. The monoisotopic (exact) mass is 287 g/mol. The summed E-state index contributed by atoms with van der Waals surface area (Å²) in [4.78, 5) is 14.4. The van der Waals surface area contributed by atoms with Crippen molar-refractivity contribution < 1.29 is 9.53 Å². The third-order valence-corrected chi connectivity index (χ3v) is 4.82. The third kappa shape index (κ3) is 4.07. The Labute approximate surface area is 127 Å². The molecular formula is C18H25NO2. The van der Waals surface area contributed by atoms with Crippen LogP contribution in [0.4, 0.5) is 0 Å². The normalized spacial score (nSPS) is 23.4. The summed E-state index contributed by atoms with van der Waals surface area (Å²) in [5.41, 5.74) is 1.42. The van der Waals surface area contributed by atoms with Gasteiger partial charge in [0.1, 0.15) is 0 Å². The van der Waals surface area contributed by atoms with Gasteiger partial charge in [0.05, 0.1) is 0 Å². The first-order valence-electron chi connectivity index (χ1n) is 8.20. The molecule has 0 unspecified atom stereocenters. The number of rotatable bonds is 4. The van der Waals surface area contributed by atoms with Crippen LogP contribution in [-0.2, 0) is 16.0 Å². The van der Waals surface area contributed by atoms with Crippen LogP contribution < -0.4 is 0 Å². The summed E-state index contributed by atoms with van der Waals surface area (Å²) in [6.07, 6.45) is 5.17. The lowest BCUT2D eigenvalue weighted by Crippen LogP contribution is -2.39. The summed E-state index contributed by atoms with van der Waals surface area (Å²) >= 11 is 0. The molecule has 3 heteroatoms. The summed E-state index contributed by atoms with van der Waals surface area (Å²) in [7, 11) is 0. The minimum absolute atomic E-state index is 0.337. The Bertz CT molecular complexity index is 446. The Balaban J connectivity index is 1.43. The number of amides is 1. The van der Waals surface area contributed by atoms with Crippen molar-refractivity contribution in [1.82, 2.24) is 4.90 Å². The molecule has 0 aromatic heterocycles. The fraction of sp³-hybridized carbons (Fsp3) is 0.611. The number of ether oxygens (including phenoxy) is 1. The SMILES string of the molecule is O=C(C[C@@H]1CCOC1)N1CCC(Cc2ccccc2)CC1. The van der Waals surface area contributed by atoms with E-state index < -0.39 is 0 Å². The molecule has 1 atom stereocenters. The fourth-order valence-corrected chi connectivity index (χ4v) is 3.45. The largest absolute Gasteiger partial charge is 0.381 e. The molecule has 1 aromatic carbocycles. The Morgan fingerprint density at radius 2 is 1.86 bits per heavy atom. The molecular weight excluding hydrogens is 262 g/mol. The van der Waals surface area contributed by atoms with E-state index in [2.05, 4.69) is 35.2 Å². The van der Waals surface area contributed by atoms with Gasteiger partial charge in [-0.1, -0.05) is 30.3 Å². The van der Waals surface area contributed by atoms with Gasteiger partial charge < -0.3 is 9.64 Å². The molecule has 0 radical (unpaired) electrons. The first-order valence-corrected chi connectivity index (χ1v) is 8.20. The number of carbonyl (C=O) groups is 1. The van der Waals surface area contributed by atoms with Crippen molar-refractivity contribution >= 4 is 5.91 Å². The van der Waals surface area contributed by atoms with E-state index >= 15 is 0 Å². The van der Waals surface area contributed by atoms with Crippen molar-refractivity contribution in [3.63, 3.8) is 0 Å². The van der Waals surface area contributed by atoms with Gasteiger partial charge in [-0.15, -0.1) is 0 Å². The Morgan fingerprint density at radius 1 is 1.10 bits per heavy atom. The van der Waals surface area contributed by atoms with Crippen LogP contribution in [0.15, 0.2) is 30.3 Å². The second kappa shape index (κ2) is 7.08. The quantitative estimate of drug-likeness (QED) is 0.852. The van der Waals surface area contributed by atoms with E-state index in [0.29, 0.717) is 18.2 Å². The third-order valence-electron chi connectivity index (χ3n) is 4.82. The molecule has 1 aromatic rings. The maximum absolute atomic E-state index is 12.3. The summed E-state index contributed by atoms with van der Waals surface area (Å²) in [6, 6.07) is 10.7. The molecule has 0 saturated carbocycles. The average Bonchev–Trinajstić information content (AvgIpc) is 3.02. The minimum Gasteiger partial charge on any atom is -0.381 e. The van der Waals surface area contributed by atoms with Crippen molar-refractivity contribution in [2.45, 2.75) is 32.1 Å². The summed E-state index contributed by atoms with van der Waals surface area (Å²) in [5.74, 6) is 1.52. The maximum Gasteiger partial charge on any atom is 0.222 e. The molecule has 1 amide bonds. The molecule has 2 saturated heterocycles. The molecule has 0 aliphatic carbocycles. The Hall–Kier alpha value is -1.35. The second-order valence-corrected chi connectivity index (χ2v) is 6.45. The van der Waals surface area contributed by atoms with Gasteiger partial charge in [0.2, 0.25) is 5.91 Å². The average molecular weight is 287 g/mol. The second-order valence-electron chi connectivity index (χ2n) is 6.45. The number of benzene rings is 1. The van der Waals surface area contributed by atoms with Crippen LogP contribution in [0.1, 0.15) is 31.2 Å². The molecule has 0 N–H and O–H groups in total. The van der Waals surface area contributed by atoms with Gasteiger partial charge in [0, 0.05) is 32.7 Å². The highest BCUT2D eigenvalue weighted by Crippen LogP contribution is 2.24. The van der Waals surface area contributed by atoms with Crippen LogP contribution in [0.3, 0.4) is 0 Å². The van der Waals surface area contributed by atoms with Gasteiger partial charge in [-0.25, -0.2) is 0 Å². The molecule has 21 heavy (non-hydrogen) atoms. The molecule has 2 aliphatic rings. The molecule has 3 nitrogen and oxygen atoms in total. The number of hydrogen-bond acceptors (Lipinski definition) is 2. The predicted octanol–water partition coefficient (Wildman–Crippen LogP) is 2.89. The van der Waals surface area contributed by atoms with Crippen LogP contribution in [0, 0.1) is 11.8 Å². The van der Waals surface area contributed by atoms with Gasteiger partial charge in [-0.3, -0.25) is 4.79 Å². The van der Waals surface area contributed by atoms with Gasteiger partial charge in [0.25, 0.3) is 0 Å². The standard InChI is InChI=1S/C18H25NO2/c20-18(13-17-8-11-21-14-17)19-9-6-16(7-10-19)12-15-4-2-1-3-5-15/h1-5,16-17H,6-14H2/t17-/m0/s1. The highest BCUT2D eigenvalue weighted by molar-refractivity contribution is 5.76. The molecule has 2 aliphatic heterocycles. The zero-order valence-electron chi connectivity index (χ0n) is 12.7. The van der Waals surface area contributed by atoms with Gasteiger partial charge in [0.15, 0.2) is 0 Å². The number of piperidine rings is 1.